The average molecular weight is 325 g/mol. The van der Waals surface area contributed by atoms with Crippen LogP contribution in [-0.4, -0.2) is 22.9 Å². The molecule has 0 radical (unpaired) electrons. The molecule has 7 nitrogen and oxygen atoms in total. The van der Waals surface area contributed by atoms with Gasteiger partial charge in [0, 0.05) is 5.56 Å². The summed E-state index contributed by atoms with van der Waals surface area (Å²) in [4.78, 5) is 35.7. The van der Waals surface area contributed by atoms with E-state index in [0.717, 1.165) is 0 Å². The summed E-state index contributed by atoms with van der Waals surface area (Å²) in [6, 6.07) is 7.89. The van der Waals surface area contributed by atoms with E-state index in [0.29, 0.717) is 12.0 Å². The Morgan fingerprint density at radius 2 is 1.67 bits per heavy atom. The van der Waals surface area contributed by atoms with Crippen LogP contribution in [0.5, 0.6) is 0 Å². The van der Waals surface area contributed by atoms with Gasteiger partial charge in [0.05, 0.1) is 23.5 Å². The zero-order chi connectivity index (χ0) is 17.3. The number of hydrogen-bond acceptors (Lipinski definition) is 4. The van der Waals surface area contributed by atoms with Crippen LogP contribution in [0.4, 0.5) is 0 Å². The number of fused-ring (bicyclic) bond motifs is 2. The van der Waals surface area contributed by atoms with E-state index in [1.807, 2.05) is 18.2 Å². The fourth-order valence-electron chi connectivity index (χ4n) is 3.49. The van der Waals surface area contributed by atoms with Gasteiger partial charge in [-0.25, -0.2) is 0 Å². The third kappa shape index (κ3) is 2.74. The molecule has 1 aromatic rings. The molecule has 122 valence electrons. The van der Waals surface area contributed by atoms with Crippen molar-refractivity contribution in [1.82, 2.24) is 10.9 Å². The van der Waals surface area contributed by atoms with Gasteiger partial charge in [0.1, 0.15) is 0 Å². The smallest absolute Gasteiger partial charge is 0.307 e. The maximum Gasteiger partial charge on any atom is 0.307 e. The zero-order valence-corrected chi connectivity index (χ0v) is 12.6. The molecule has 0 aliphatic heterocycles. The molecule has 24 heavy (non-hydrogen) atoms. The van der Waals surface area contributed by atoms with Crippen molar-refractivity contribution in [3.63, 3.8) is 0 Å². The van der Waals surface area contributed by atoms with Crippen molar-refractivity contribution in [3.05, 3.63) is 47.5 Å². The highest BCUT2D eigenvalue weighted by atomic mass is 16.4. The maximum absolute atomic E-state index is 12.3. The minimum Gasteiger partial charge on any atom is -0.481 e. The van der Waals surface area contributed by atoms with Gasteiger partial charge in [-0.15, -0.1) is 0 Å². The molecule has 2 bridgehead atoms. The number of amides is 2. The Hall–Kier alpha value is -3.14. The third-order valence-corrected chi connectivity index (χ3v) is 4.62. The number of hydrazine groups is 1. The topological polar surface area (TPSA) is 119 Å². The summed E-state index contributed by atoms with van der Waals surface area (Å²) in [5.74, 6) is -3.70. The summed E-state index contributed by atoms with van der Waals surface area (Å²) in [6.07, 6.45) is 4.37. The Kier molecular flexibility index (Phi) is 4.04. The number of benzene rings is 1. The van der Waals surface area contributed by atoms with E-state index in [4.69, 9.17) is 5.26 Å². The van der Waals surface area contributed by atoms with E-state index in [1.54, 1.807) is 0 Å². The van der Waals surface area contributed by atoms with Gasteiger partial charge in [0.2, 0.25) is 5.91 Å². The quantitative estimate of drug-likeness (QED) is 0.562. The highest BCUT2D eigenvalue weighted by Gasteiger charge is 2.51. The third-order valence-electron chi connectivity index (χ3n) is 4.62. The van der Waals surface area contributed by atoms with Crippen LogP contribution in [0.25, 0.3) is 0 Å². The van der Waals surface area contributed by atoms with Gasteiger partial charge in [-0.3, -0.25) is 25.2 Å². The van der Waals surface area contributed by atoms with Gasteiger partial charge in [0.15, 0.2) is 0 Å². The van der Waals surface area contributed by atoms with Crippen molar-refractivity contribution in [2.75, 3.05) is 0 Å². The van der Waals surface area contributed by atoms with Crippen molar-refractivity contribution in [3.8, 4) is 6.07 Å². The summed E-state index contributed by atoms with van der Waals surface area (Å²) in [6.45, 7) is 0. The van der Waals surface area contributed by atoms with E-state index in [-0.39, 0.29) is 17.4 Å². The molecule has 3 rings (SSSR count). The van der Waals surface area contributed by atoms with Crippen LogP contribution in [0.3, 0.4) is 0 Å². The van der Waals surface area contributed by atoms with Gasteiger partial charge in [-0.05, 0) is 42.5 Å². The molecular weight excluding hydrogens is 310 g/mol. The standard InChI is InChI=1S/C17H15N3O4/c18-8-9-1-3-10(4-2-9)15(21)19-20-16(22)13-11-5-6-12(7-11)14(13)17(23)24/h1-6,11-14H,7H2,(H,19,21)(H,20,22)(H,23,24)/t11-,12+,13-,14+/m1/s1. The maximum atomic E-state index is 12.3. The van der Waals surface area contributed by atoms with Gasteiger partial charge in [0.25, 0.3) is 5.91 Å². The number of nitrogens with zero attached hydrogens (tertiary/aromatic N) is 1. The predicted molar refractivity (Wildman–Crippen MR) is 82.1 cm³/mol. The van der Waals surface area contributed by atoms with Crippen molar-refractivity contribution in [2.45, 2.75) is 6.42 Å². The lowest BCUT2D eigenvalue weighted by Crippen LogP contribution is -2.48. The first kappa shape index (κ1) is 15.7. The fourth-order valence-corrected chi connectivity index (χ4v) is 3.49. The van der Waals surface area contributed by atoms with Crippen LogP contribution in [0, 0.1) is 35.0 Å². The Balaban J connectivity index is 1.63. The number of carbonyl (C=O) groups excluding carboxylic acids is 2. The molecule has 4 atom stereocenters. The first-order valence-corrected chi connectivity index (χ1v) is 7.52. The van der Waals surface area contributed by atoms with Gasteiger partial charge >= 0.3 is 5.97 Å². The number of hydrogen-bond donors (Lipinski definition) is 3. The minimum absolute atomic E-state index is 0.108. The molecule has 0 spiro atoms. The zero-order valence-electron chi connectivity index (χ0n) is 12.6. The van der Waals surface area contributed by atoms with Crippen molar-refractivity contribution in [1.29, 1.82) is 5.26 Å². The van der Waals surface area contributed by atoms with Crippen molar-refractivity contribution >= 4 is 17.8 Å². The van der Waals surface area contributed by atoms with E-state index >= 15 is 0 Å². The van der Waals surface area contributed by atoms with Crippen LogP contribution in [0.1, 0.15) is 22.3 Å². The van der Waals surface area contributed by atoms with E-state index in [2.05, 4.69) is 10.9 Å². The lowest BCUT2D eigenvalue weighted by Gasteiger charge is -2.23. The second kappa shape index (κ2) is 6.16. The number of carbonyl (C=O) groups is 3. The number of carboxylic acids is 1. The molecule has 7 heteroatoms. The molecule has 2 aliphatic rings. The lowest BCUT2D eigenvalue weighted by molar-refractivity contribution is -0.148. The van der Waals surface area contributed by atoms with Crippen LogP contribution in [0.15, 0.2) is 36.4 Å². The summed E-state index contributed by atoms with van der Waals surface area (Å²) < 4.78 is 0. The number of nitrogens with one attached hydrogen (secondary N) is 2. The Bertz CT molecular complexity index is 763. The summed E-state index contributed by atoms with van der Waals surface area (Å²) >= 11 is 0. The molecule has 0 heterocycles. The summed E-state index contributed by atoms with van der Waals surface area (Å²) in [7, 11) is 0. The van der Waals surface area contributed by atoms with Crippen LogP contribution in [0.2, 0.25) is 0 Å². The Morgan fingerprint density at radius 1 is 1.04 bits per heavy atom. The minimum atomic E-state index is -0.995. The second-order valence-electron chi connectivity index (χ2n) is 5.97. The average Bonchev–Trinajstić information content (AvgIpc) is 3.20. The summed E-state index contributed by atoms with van der Waals surface area (Å²) in [5, 5.41) is 18.1. The normalized spacial score (nSPS) is 26.6. The van der Waals surface area contributed by atoms with E-state index in [1.165, 1.54) is 24.3 Å². The van der Waals surface area contributed by atoms with Gasteiger partial charge in [-0.1, -0.05) is 12.2 Å². The van der Waals surface area contributed by atoms with Crippen LogP contribution < -0.4 is 10.9 Å². The predicted octanol–water partition coefficient (Wildman–Crippen LogP) is 0.842. The summed E-state index contributed by atoms with van der Waals surface area (Å²) in [5.41, 5.74) is 5.33. The number of carboxylic acid groups (broad SMARTS) is 1. The van der Waals surface area contributed by atoms with Gasteiger partial charge in [-0.2, -0.15) is 5.26 Å². The van der Waals surface area contributed by atoms with Crippen molar-refractivity contribution in [2.24, 2.45) is 23.7 Å². The Labute approximate surface area is 137 Å². The SMILES string of the molecule is N#Cc1ccc(C(=O)NNC(=O)[C@H]2[C@@H](C(=O)O)[C@H]3C=C[C@@H]2C3)cc1. The highest BCUT2D eigenvalue weighted by molar-refractivity contribution is 5.96. The fraction of sp³-hybridized carbons (Fsp3) is 0.294. The molecular formula is C17H15N3O4. The molecule has 2 aliphatic carbocycles. The first-order chi connectivity index (χ1) is 11.5. The molecule has 3 N–H and O–H groups in total. The first-order valence-electron chi connectivity index (χ1n) is 7.52. The van der Waals surface area contributed by atoms with Crippen LogP contribution in [-0.2, 0) is 9.59 Å². The van der Waals surface area contributed by atoms with E-state index in [9.17, 15) is 19.5 Å². The van der Waals surface area contributed by atoms with Gasteiger partial charge < -0.3 is 5.11 Å². The largest absolute Gasteiger partial charge is 0.481 e. The molecule has 1 aromatic carbocycles. The molecule has 0 saturated heterocycles. The Morgan fingerprint density at radius 3 is 2.25 bits per heavy atom. The van der Waals surface area contributed by atoms with Crippen LogP contribution >= 0.6 is 0 Å². The lowest BCUT2D eigenvalue weighted by atomic mass is 9.82. The number of allylic oxidation sites excluding steroid dienone is 2. The molecule has 0 aromatic heterocycles. The molecule has 1 fully saturated rings. The number of aliphatic carboxylic acids is 1. The van der Waals surface area contributed by atoms with E-state index < -0.39 is 29.6 Å². The van der Waals surface area contributed by atoms with Crippen molar-refractivity contribution < 1.29 is 19.5 Å². The molecule has 0 unspecified atom stereocenters. The monoisotopic (exact) mass is 325 g/mol. The molecule has 1 saturated carbocycles. The molecule has 2 amide bonds. The number of nitriles is 1. The second-order valence-corrected chi connectivity index (χ2v) is 5.97. The number of rotatable bonds is 3. The highest BCUT2D eigenvalue weighted by Crippen LogP contribution is 2.48.